The van der Waals surface area contributed by atoms with Gasteiger partial charge in [-0.15, -0.1) is 0 Å². The fraction of sp³-hybridized carbons (Fsp3) is 0.200. The van der Waals surface area contributed by atoms with Gasteiger partial charge in [-0.1, -0.05) is 11.6 Å². The molecule has 0 saturated carbocycles. The molecular formula is C10H10ClNO3. The molecule has 2 N–H and O–H groups in total. The van der Waals surface area contributed by atoms with Gasteiger partial charge in [-0.3, -0.25) is 4.79 Å². The van der Waals surface area contributed by atoms with Crippen LogP contribution in [0, 0.1) is 6.92 Å². The molecule has 1 aromatic carbocycles. The van der Waals surface area contributed by atoms with Crippen LogP contribution in [0.3, 0.4) is 0 Å². The number of hydrogen-bond donors (Lipinski definition) is 2. The monoisotopic (exact) mass is 227 g/mol. The number of aryl methyl sites for hydroxylation is 1. The Morgan fingerprint density at radius 2 is 2.00 bits per heavy atom. The Kier molecular flexibility index (Phi) is 3.31. The van der Waals surface area contributed by atoms with E-state index in [1.54, 1.807) is 13.0 Å². The van der Waals surface area contributed by atoms with Crippen LogP contribution in [0.1, 0.15) is 22.8 Å². The number of hydrogen-bond acceptors (Lipinski definition) is 2. The number of benzene rings is 1. The lowest BCUT2D eigenvalue weighted by molar-refractivity contribution is -0.114. The molecule has 0 unspecified atom stereocenters. The van der Waals surface area contributed by atoms with Gasteiger partial charge < -0.3 is 10.4 Å². The van der Waals surface area contributed by atoms with Crippen molar-refractivity contribution in [3.63, 3.8) is 0 Å². The molecule has 0 radical (unpaired) electrons. The number of rotatable bonds is 2. The highest BCUT2D eigenvalue weighted by Gasteiger charge is 2.14. The second-order valence-electron chi connectivity index (χ2n) is 3.13. The summed E-state index contributed by atoms with van der Waals surface area (Å²) in [5, 5.41) is 11.7. The summed E-state index contributed by atoms with van der Waals surface area (Å²) in [5.74, 6) is -1.44. The lowest BCUT2D eigenvalue weighted by atomic mass is 10.1. The Hall–Kier alpha value is -1.55. The van der Waals surface area contributed by atoms with Gasteiger partial charge in [-0.2, -0.15) is 0 Å². The van der Waals surface area contributed by atoms with Gasteiger partial charge in [0.25, 0.3) is 0 Å². The zero-order valence-corrected chi connectivity index (χ0v) is 9.05. The second-order valence-corrected chi connectivity index (χ2v) is 3.57. The molecule has 1 rings (SSSR count). The normalized spacial score (nSPS) is 9.80. The number of carboxylic acids is 1. The molecule has 0 spiro atoms. The summed E-state index contributed by atoms with van der Waals surface area (Å²) in [6.07, 6.45) is 0. The molecule has 0 aliphatic carbocycles. The molecule has 1 aromatic rings. The number of nitrogens with one attached hydrogen (secondary N) is 1. The van der Waals surface area contributed by atoms with Crippen molar-refractivity contribution in [1.29, 1.82) is 0 Å². The summed E-state index contributed by atoms with van der Waals surface area (Å²) in [4.78, 5) is 21.8. The van der Waals surface area contributed by atoms with Crippen molar-refractivity contribution in [2.24, 2.45) is 0 Å². The van der Waals surface area contributed by atoms with Gasteiger partial charge in [-0.25, -0.2) is 4.79 Å². The second kappa shape index (κ2) is 4.31. The van der Waals surface area contributed by atoms with E-state index < -0.39 is 5.97 Å². The maximum absolute atomic E-state index is 10.9. The van der Waals surface area contributed by atoms with Crippen molar-refractivity contribution in [2.45, 2.75) is 13.8 Å². The van der Waals surface area contributed by atoms with Crippen molar-refractivity contribution in [3.05, 3.63) is 28.3 Å². The molecule has 80 valence electrons. The molecule has 0 aromatic heterocycles. The Balaban J connectivity index is 3.33. The van der Waals surface area contributed by atoms with Gasteiger partial charge >= 0.3 is 5.97 Å². The van der Waals surface area contributed by atoms with E-state index in [4.69, 9.17) is 16.7 Å². The molecule has 5 heteroatoms. The lowest BCUT2D eigenvalue weighted by Crippen LogP contribution is -2.12. The summed E-state index contributed by atoms with van der Waals surface area (Å²) in [5.41, 5.74) is 0.907. The van der Waals surface area contributed by atoms with Crippen LogP contribution in [0.15, 0.2) is 12.1 Å². The summed E-state index contributed by atoms with van der Waals surface area (Å²) in [7, 11) is 0. The highest BCUT2D eigenvalue weighted by Crippen LogP contribution is 2.25. The Morgan fingerprint density at radius 3 is 2.47 bits per heavy atom. The minimum atomic E-state index is -1.12. The molecule has 0 aliphatic rings. The molecule has 0 saturated heterocycles. The highest BCUT2D eigenvalue weighted by molar-refractivity contribution is 6.31. The first-order valence-corrected chi connectivity index (χ1v) is 4.60. The quantitative estimate of drug-likeness (QED) is 0.815. The number of halogens is 1. The van der Waals surface area contributed by atoms with E-state index in [1.807, 2.05) is 0 Å². The molecule has 0 fully saturated rings. The van der Waals surface area contributed by atoms with Crippen LogP contribution in [0.4, 0.5) is 5.69 Å². The average molecular weight is 228 g/mol. The third-order valence-corrected chi connectivity index (χ3v) is 2.05. The predicted molar refractivity (Wildman–Crippen MR) is 57.5 cm³/mol. The number of carbonyl (C=O) groups is 2. The Bertz CT molecular complexity index is 429. The van der Waals surface area contributed by atoms with Gasteiger partial charge in [0.05, 0.1) is 11.3 Å². The predicted octanol–water partition coefficient (Wildman–Crippen LogP) is 2.31. The number of amides is 1. The van der Waals surface area contributed by atoms with E-state index in [1.165, 1.54) is 13.0 Å². The van der Waals surface area contributed by atoms with Crippen molar-refractivity contribution >= 4 is 29.2 Å². The van der Waals surface area contributed by atoms with Crippen molar-refractivity contribution < 1.29 is 14.7 Å². The smallest absolute Gasteiger partial charge is 0.337 e. The average Bonchev–Trinajstić information content (AvgIpc) is 2.08. The maximum atomic E-state index is 10.9. The minimum absolute atomic E-state index is 0.00444. The first-order chi connectivity index (χ1) is 6.91. The van der Waals surface area contributed by atoms with Crippen molar-refractivity contribution in [1.82, 2.24) is 0 Å². The highest BCUT2D eigenvalue weighted by atomic mass is 35.5. The third-order valence-electron chi connectivity index (χ3n) is 1.83. The van der Waals surface area contributed by atoms with Crippen LogP contribution in [-0.2, 0) is 4.79 Å². The molecule has 0 bridgehead atoms. The van der Waals surface area contributed by atoms with Gasteiger partial charge in [-0.05, 0) is 24.6 Å². The van der Waals surface area contributed by atoms with Gasteiger partial charge in [0, 0.05) is 11.9 Å². The number of carbonyl (C=O) groups excluding carboxylic acids is 1. The number of aromatic carboxylic acids is 1. The fourth-order valence-electron chi connectivity index (χ4n) is 1.25. The Labute approximate surface area is 91.9 Å². The molecule has 0 heterocycles. The standard InChI is InChI=1S/C10H10ClNO3/c1-5-3-7(11)4-8(10(14)15)9(5)12-6(2)13/h3-4H,1-2H3,(H,12,13)(H,14,15). The zero-order chi connectivity index (χ0) is 11.6. The van der Waals surface area contributed by atoms with E-state index in [2.05, 4.69) is 5.32 Å². The van der Waals surface area contributed by atoms with Crippen LogP contribution in [0.2, 0.25) is 5.02 Å². The van der Waals surface area contributed by atoms with E-state index >= 15 is 0 Å². The zero-order valence-electron chi connectivity index (χ0n) is 8.30. The van der Waals surface area contributed by atoms with E-state index in [-0.39, 0.29) is 11.5 Å². The summed E-state index contributed by atoms with van der Waals surface area (Å²) in [6.45, 7) is 3.00. The van der Waals surface area contributed by atoms with Crippen molar-refractivity contribution in [3.8, 4) is 0 Å². The van der Waals surface area contributed by atoms with Gasteiger partial charge in [0.1, 0.15) is 0 Å². The largest absolute Gasteiger partial charge is 0.478 e. The van der Waals surface area contributed by atoms with E-state index in [0.717, 1.165) is 0 Å². The van der Waals surface area contributed by atoms with Crippen LogP contribution >= 0.6 is 11.6 Å². The molecule has 0 aliphatic heterocycles. The number of carboxylic acid groups (broad SMARTS) is 1. The van der Waals surface area contributed by atoms with Gasteiger partial charge in [0.15, 0.2) is 0 Å². The molecule has 1 amide bonds. The van der Waals surface area contributed by atoms with Gasteiger partial charge in [0.2, 0.25) is 5.91 Å². The Morgan fingerprint density at radius 1 is 1.40 bits per heavy atom. The number of anilines is 1. The van der Waals surface area contributed by atoms with Crippen LogP contribution < -0.4 is 5.32 Å². The van der Waals surface area contributed by atoms with E-state index in [0.29, 0.717) is 16.3 Å². The molecule has 4 nitrogen and oxygen atoms in total. The first-order valence-electron chi connectivity index (χ1n) is 4.23. The van der Waals surface area contributed by atoms with Crippen molar-refractivity contribution in [2.75, 3.05) is 5.32 Å². The fourth-order valence-corrected chi connectivity index (χ4v) is 1.53. The summed E-state index contributed by atoms with van der Waals surface area (Å²) < 4.78 is 0. The lowest BCUT2D eigenvalue weighted by Gasteiger charge is -2.10. The molecular weight excluding hydrogens is 218 g/mol. The van der Waals surface area contributed by atoms with E-state index in [9.17, 15) is 9.59 Å². The molecule has 15 heavy (non-hydrogen) atoms. The summed E-state index contributed by atoms with van der Waals surface area (Å²) >= 11 is 5.73. The third kappa shape index (κ3) is 2.70. The maximum Gasteiger partial charge on any atom is 0.337 e. The minimum Gasteiger partial charge on any atom is -0.478 e. The first kappa shape index (κ1) is 11.5. The SMILES string of the molecule is CC(=O)Nc1c(C)cc(Cl)cc1C(=O)O. The molecule has 0 atom stereocenters. The topological polar surface area (TPSA) is 66.4 Å². The summed E-state index contributed by atoms with van der Waals surface area (Å²) in [6, 6.07) is 2.90. The van der Waals surface area contributed by atoms with Crippen LogP contribution in [0.25, 0.3) is 0 Å². The van der Waals surface area contributed by atoms with Crippen LogP contribution in [0.5, 0.6) is 0 Å². The van der Waals surface area contributed by atoms with Crippen LogP contribution in [-0.4, -0.2) is 17.0 Å².